The van der Waals surface area contributed by atoms with Gasteiger partial charge in [-0.3, -0.25) is 14.9 Å². The molecule has 0 unspecified atom stereocenters. The van der Waals surface area contributed by atoms with Crippen LogP contribution in [0, 0.1) is 0 Å². The molecule has 2 heterocycles. The number of hydrogen-bond donors (Lipinski definition) is 2. The molecule has 0 aromatic heterocycles. The second-order valence-electron chi connectivity index (χ2n) is 6.30. The molecule has 2 saturated heterocycles. The summed E-state index contributed by atoms with van der Waals surface area (Å²) in [6.07, 6.45) is 2.46. The third-order valence-corrected chi connectivity index (χ3v) is 4.65. The molecule has 0 radical (unpaired) electrons. The first-order valence-corrected chi connectivity index (χ1v) is 8.72. The minimum Gasteiger partial charge on any atom is -0.494 e. The predicted octanol–water partition coefficient (Wildman–Crippen LogP) is 1.74. The summed E-state index contributed by atoms with van der Waals surface area (Å²) in [5.74, 6) is 0.484. The Morgan fingerprint density at radius 1 is 1.28 bits per heavy atom. The number of hydrogen-bond acceptors (Lipinski definition) is 4. The fraction of sp³-hybridized carbons (Fsp3) is 0.500. The standard InChI is InChI=1S/C18H23N3O4/c1-2-25-13-7-5-12(6-8-13)15-4-3-11-21(15)16(22)10-9-14-17(23)20-18(24)19-14/h5-8,14-15H,2-4,9-11H2,1H3,(H2,19,20,23,24)/t14-,15-/m0/s1. The molecule has 3 rings (SSSR count). The number of nitrogens with one attached hydrogen (secondary N) is 2. The number of rotatable bonds is 6. The van der Waals surface area contributed by atoms with E-state index in [0.717, 1.165) is 30.7 Å². The summed E-state index contributed by atoms with van der Waals surface area (Å²) in [5, 5.41) is 4.71. The minimum atomic E-state index is -0.608. The Morgan fingerprint density at radius 2 is 2.04 bits per heavy atom. The van der Waals surface area contributed by atoms with Crippen molar-refractivity contribution in [1.82, 2.24) is 15.5 Å². The topological polar surface area (TPSA) is 87.7 Å². The summed E-state index contributed by atoms with van der Waals surface area (Å²) in [4.78, 5) is 37.2. The van der Waals surface area contributed by atoms with Crippen molar-refractivity contribution < 1.29 is 19.1 Å². The average Bonchev–Trinajstić information content (AvgIpc) is 3.20. The Bertz CT molecular complexity index is 659. The lowest BCUT2D eigenvalue weighted by molar-refractivity contribution is -0.132. The van der Waals surface area contributed by atoms with Crippen LogP contribution in [0.1, 0.15) is 44.2 Å². The van der Waals surface area contributed by atoms with E-state index in [2.05, 4.69) is 10.6 Å². The van der Waals surface area contributed by atoms with Crippen LogP contribution in [0.15, 0.2) is 24.3 Å². The van der Waals surface area contributed by atoms with Gasteiger partial charge in [0, 0.05) is 13.0 Å². The molecule has 2 aliphatic heterocycles. The average molecular weight is 345 g/mol. The van der Waals surface area contributed by atoms with E-state index in [1.54, 1.807) is 0 Å². The van der Waals surface area contributed by atoms with Crippen LogP contribution in [-0.2, 0) is 9.59 Å². The van der Waals surface area contributed by atoms with Crippen LogP contribution in [0.4, 0.5) is 4.79 Å². The molecule has 4 amide bonds. The first-order chi connectivity index (χ1) is 12.1. The summed E-state index contributed by atoms with van der Waals surface area (Å²) < 4.78 is 5.46. The Morgan fingerprint density at radius 3 is 2.68 bits per heavy atom. The number of carbonyl (C=O) groups excluding carboxylic acids is 3. The number of urea groups is 1. The fourth-order valence-corrected chi connectivity index (χ4v) is 3.44. The van der Waals surface area contributed by atoms with Crippen molar-refractivity contribution in [2.75, 3.05) is 13.2 Å². The van der Waals surface area contributed by atoms with Crippen LogP contribution in [-0.4, -0.2) is 41.9 Å². The Hall–Kier alpha value is -2.57. The molecule has 134 valence electrons. The lowest BCUT2D eigenvalue weighted by atomic mass is 10.0. The van der Waals surface area contributed by atoms with Gasteiger partial charge >= 0.3 is 6.03 Å². The molecular formula is C18H23N3O4. The van der Waals surface area contributed by atoms with Gasteiger partial charge in [0.1, 0.15) is 11.8 Å². The van der Waals surface area contributed by atoms with Gasteiger partial charge in [0.25, 0.3) is 5.91 Å². The van der Waals surface area contributed by atoms with Crippen LogP contribution < -0.4 is 15.4 Å². The zero-order chi connectivity index (χ0) is 17.8. The molecule has 0 spiro atoms. The number of imide groups is 1. The number of nitrogens with zero attached hydrogens (tertiary/aromatic N) is 1. The summed E-state index contributed by atoms with van der Waals surface area (Å²) in [6.45, 7) is 3.29. The van der Waals surface area contributed by atoms with Gasteiger partial charge in [-0.25, -0.2) is 4.79 Å². The normalized spacial score (nSPS) is 22.7. The smallest absolute Gasteiger partial charge is 0.322 e. The van der Waals surface area contributed by atoms with E-state index in [-0.39, 0.29) is 24.3 Å². The Balaban J connectivity index is 1.59. The van der Waals surface area contributed by atoms with E-state index in [9.17, 15) is 14.4 Å². The second-order valence-corrected chi connectivity index (χ2v) is 6.30. The highest BCUT2D eigenvalue weighted by atomic mass is 16.5. The molecule has 0 bridgehead atoms. The molecule has 2 atom stereocenters. The molecular weight excluding hydrogens is 322 g/mol. The van der Waals surface area contributed by atoms with Gasteiger partial charge in [-0.15, -0.1) is 0 Å². The van der Waals surface area contributed by atoms with Crippen molar-refractivity contribution in [2.45, 2.75) is 44.7 Å². The lowest BCUT2D eigenvalue weighted by Crippen LogP contribution is -2.34. The second kappa shape index (κ2) is 7.55. The monoisotopic (exact) mass is 345 g/mol. The molecule has 7 heteroatoms. The van der Waals surface area contributed by atoms with Gasteiger partial charge in [0.15, 0.2) is 0 Å². The van der Waals surface area contributed by atoms with Crippen molar-refractivity contribution in [1.29, 1.82) is 0 Å². The molecule has 1 aromatic rings. The summed E-state index contributed by atoms with van der Waals surface area (Å²) in [7, 11) is 0. The third-order valence-electron chi connectivity index (χ3n) is 4.65. The van der Waals surface area contributed by atoms with E-state index < -0.39 is 12.1 Å². The highest BCUT2D eigenvalue weighted by molar-refractivity contribution is 6.04. The van der Waals surface area contributed by atoms with Gasteiger partial charge in [-0.2, -0.15) is 0 Å². The fourth-order valence-electron chi connectivity index (χ4n) is 3.44. The molecule has 2 aliphatic rings. The van der Waals surface area contributed by atoms with Crippen LogP contribution in [0.5, 0.6) is 5.75 Å². The number of ether oxygens (including phenoxy) is 1. The van der Waals surface area contributed by atoms with Gasteiger partial charge in [0.05, 0.1) is 12.6 Å². The van der Waals surface area contributed by atoms with Crippen molar-refractivity contribution in [2.24, 2.45) is 0 Å². The predicted molar refractivity (Wildman–Crippen MR) is 91.0 cm³/mol. The highest BCUT2D eigenvalue weighted by Crippen LogP contribution is 2.33. The summed E-state index contributed by atoms with van der Waals surface area (Å²) >= 11 is 0. The number of benzene rings is 1. The quantitative estimate of drug-likeness (QED) is 0.769. The Kier molecular flexibility index (Phi) is 5.21. The molecule has 25 heavy (non-hydrogen) atoms. The molecule has 0 aliphatic carbocycles. The van der Waals surface area contributed by atoms with Crippen molar-refractivity contribution >= 4 is 17.8 Å². The van der Waals surface area contributed by atoms with E-state index in [4.69, 9.17) is 4.74 Å². The lowest BCUT2D eigenvalue weighted by Gasteiger charge is -2.25. The first kappa shape index (κ1) is 17.3. The number of likely N-dealkylation sites (tertiary alicyclic amines) is 1. The third kappa shape index (κ3) is 3.92. The highest BCUT2D eigenvalue weighted by Gasteiger charge is 2.33. The van der Waals surface area contributed by atoms with E-state index in [0.29, 0.717) is 13.0 Å². The zero-order valence-electron chi connectivity index (χ0n) is 14.3. The van der Waals surface area contributed by atoms with E-state index in [1.807, 2.05) is 36.1 Å². The van der Waals surface area contributed by atoms with Crippen LogP contribution >= 0.6 is 0 Å². The molecule has 1 aromatic carbocycles. The van der Waals surface area contributed by atoms with Gasteiger partial charge < -0.3 is 15.0 Å². The molecule has 7 nitrogen and oxygen atoms in total. The minimum absolute atomic E-state index is 0.0188. The summed E-state index contributed by atoms with van der Waals surface area (Å²) in [5.41, 5.74) is 1.10. The van der Waals surface area contributed by atoms with E-state index >= 15 is 0 Å². The maximum atomic E-state index is 12.6. The number of amides is 4. The summed E-state index contributed by atoms with van der Waals surface area (Å²) in [6, 6.07) is 6.84. The first-order valence-electron chi connectivity index (χ1n) is 8.72. The maximum Gasteiger partial charge on any atom is 0.322 e. The number of carbonyl (C=O) groups is 3. The zero-order valence-corrected chi connectivity index (χ0v) is 14.3. The van der Waals surface area contributed by atoms with E-state index in [1.165, 1.54) is 0 Å². The SMILES string of the molecule is CCOc1ccc([C@@H]2CCCN2C(=O)CC[C@@H]2NC(=O)NC2=O)cc1. The van der Waals surface area contributed by atoms with Crippen molar-refractivity contribution in [3.8, 4) is 5.75 Å². The van der Waals surface area contributed by atoms with Gasteiger partial charge in [0.2, 0.25) is 5.91 Å². The van der Waals surface area contributed by atoms with Gasteiger partial charge in [-0.1, -0.05) is 12.1 Å². The Labute approximate surface area is 146 Å². The largest absolute Gasteiger partial charge is 0.494 e. The molecule has 2 fully saturated rings. The maximum absolute atomic E-state index is 12.6. The van der Waals surface area contributed by atoms with Crippen molar-refractivity contribution in [3.63, 3.8) is 0 Å². The van der Waals surface area contributed by atoms with Gasteiger partial charge in [-0.05, 0) is 43.9 Å². The molecule has 2 N–H and O–H groups in total. The van der Waals surface area contributed by atoms with Crippen LogP contribution in [0.25, 0.3) is 0 Å². The van der Waals surface area contributed by atoms with Crippen molar-refractivity contribution in [3.05, 3.63) is 29.8 Å². The molecule has 0 saturated carbocycles. The van der Waals surface area contributed by atoms with Crippen LogP contribution in [0.2, 0.25) is 0 Å². The van der Waals surface area contributed by atoms with Crippen LogP contribution in [0.3, 0.4) is 0 Å².